The zero-order valence-electron chi connectivity index (χ0n) is 69.5. The SMILES string of the molecule is CCCCO.CCc1cc(N)c(OC)cc1N1CCC(N2CCN(C)CC2)CC1.CCc1cc(Nc2ncc(Br)c(Nc3ccc(-c4cnc(OC)nc4)cc3[P+](C)(C)O)n2)c(OC)cc1N1CCC(N2CCN(C)CC2)CC1.COc1ncc(-c2ccc(Nc3nc(Cl)ncc3Br)c(P(C)(C)=O)c2)cn1.Cc1ccc(S(=O)(=O)O)cc1. The predicted octanol–water partition coefficient (Wildman–Crippen LogP) is 14.2. The van der Waals surface area contributed by atoms with Crippen LogP contribution in [0, 0.1) is 6.92 Å². The molecule has 8 N–H and O–H groups in total. The Bertz CT molecular complexity index is 4860. The average molecular weight is 1810 g/mol. The van der Waals surface area contributed by atoms with Crippen LogP contribution in [0.4, 0.5) is 51.7 Å². The Hall–Kier alpha value is -8.00. The molecule has 5 aromatic carbocycles. The summed E-state index contributed by atoms with van der Waals surface area (Å²) in [6.07, 6.45) is 18.8. The van der Waals surface area contributed by atoms with E-state index in [1.807, 2.05) is 56.7 Å². The van der Waals surface area contributed by atoms with Crippen molar-refractivity contribution in [3.63, 3.8) is 0 Å². The summed E-state index contributed by atoms with van der Waals surface area (Å²) >= 11 is 12.9. The molecule has 4 fully saturated rings. The highest BCUT2D eigenvalue weighted by Gasteiger charge is 2.33. The quantitative estimate of drug-likeness (QED) is 0.0135. The summed E-state index contributed by atoms with van der Waals surface area (Å²) in [4.78, 5) is 60.7. The van der Waals surface area contributed by atoms with E-state index >= 15 is 0 Å². The first-order chi connectivity index (χ1) is 55.9. The Balaban J connectivity index is 0.000000195. The van der Waals surface area contributed by atoms with E-state index in [-0.39, 0.29) is 10.2 Å². The molecule has 13 rings (SSSR count). The van der Waals surface area contributed by atoms with E-state index in [0.29, 0.717) is 62.2 Å². The third-order valence-electron chi connectivity index (χ3n) is 20.8. The lowest BCUT2D eigenvalue weighted by atomic mass is 9.99. The summed E-state index contributed by atoms with van der Waals surface area (Å²) in [6.45, 7) is 29.6. The Labute approximate surface area is 712 Å². The molecule has 0 radical (unpaired) electrons. The van der Waals surface area contributed by atoms with Crippen molar-refractivity contribution >= 4 is 131 Å². The summed E-state index contributed by atoms with van der Waals surface area (Å²) < 4.78 is 65.2. The van der Waals surface area contributed by atoms with Crippen LogP contribution < -0.4 is 61.0 Å². The lowest BCUT2D eigenvalue weighted by Gasteiger charge is -2.43. The number of rotatable bonds is 23. The van der Waals surface area contributed by atoms with Crippen molar-refractivity contribution in [2.45, 2.75) is 96.0 Å². The van der Waals surface area contributed by atoms with Gasteiger partial charge >= 0.3 is 12.0 Å². The summed E-state index contributed by atoms with van der Waals surface area (Å²) in [5.74, 6) is 3.01. The van der Waals surface area contributed by atoms with Gasteiger partial charge in [-0.3, -0.25) is 14.4 Å². The Morgan fingerprint density at radius 2 is 1.03 bits per heavy atom. The van der Waals surface area contributed by atoms with Crippen LogP contribution in [-0.2, 0) is 27.5 Å². The molecule has 0 spiro atoms. The minimum atomic E-state index is -4.02. The number of benzene rings is 5. The third-order valence-corrected chi connectivity index (χ3v) is 26.1. The number of aromatic nitrogens is 8. The number of anilines is 9. The van der Waals surface area contributed by atoms with Gasteiger partial charge in [0.1, 0.15) is 29.8 Å². The topological polar surface area (TPSA) is 333 Å². The van der Waals surface area contributed by atoms with Gasteiger partial charge in [0.15, 0.2) is 13.3 Å². The maximum Gasteiger partial charge on any atom is 0.316 e. The number of piperazine rings is 2. The number of aliphatic hydroxyl groups is 1. The van der Waals surface area contributed by atoms with E-state index in [2.05, 4.69) is 171 Å². The fourth-order valence-corrected chi connectivity index (χ4v) is 17.6. The number of aryl methyl sites for hydroxylation is 3. The van der Waals surface area contributed by atoms with Crippen molar-refractivity contribution in [3.8, 4) is 45.8 Å². The zero-order valence-corrected chi connectivity index (χ0v) is 76.1. The number of likely N-dealkylation sites (N-methyl/N-ethyl adjacent to an activating group) is 2. The number of halogens is 3. The van der Waals surface area contributed by atoms with E-state index in [4.69, 9.17) is 50.9 Å². The largest absolute Gasteiger partial charge is 0.495 e. The Morgan fingerprint density at radius 3 is 1.48 bits per heavy atom. The molecule has 28 nitrogen and oxygen atoms in total. The van der Waals surface area contributed by atoms with Crippen molar-refractivity contribution in [2.24, 2.45) is 0 Å². The molecule has 117 heavy (non-hydrogen) atoms. The number of nitrogens with one attached hydrogen (secondary N) is 3. The van der Waals surface area contributed by atoms with Crippen LogP contribution in [0.1, 0.15) is 76.0 Å². The molecule has 0 amide bonds. The van der Waals surface area contributed by atoms with E-state index in [1.165, 1.54) is 114 Å². The normalized spacial score (nSPS) is 15.4. The highest BCUT2D eigenvalue weighted by molar-refractivity contribution is 9.11. The number of hydrogen-bond acceptors (Lipinski definition) is 27. The van der Waals surface area contributed by atoms with E-state index in [1.54, 1.807) is 76.9 Å². The van der Waals surface area contributed by atoms with E-state index in [0.717, 1.165) is 133 Å². The monoisotopic (exact) mass is 1810 g/mol. The number of unbranched alkanes of at least 4 members (excludes halogenated alkanes) is 1. The molecule has 4 aliphatic heterocycles. The molecule has 0 aliphatic carbocycles. The average Bonchev–Trinajstić information content (AvgIpc) is 0.820. The van der Waals surface area contributed by atoms with Gasteiger partial charge in [-0.1, -0.05) is 57.0 Å². The predicted molar refractivity (Wildman–Crippen MR) is 483 cm³/mol. The molecule has 0 saturated carbocycles. The third kappa shape index (κ3) is 26.5. The van der Waals surface area contributed by atoms with Gasteiger partial charge in [-0.05, 0) is 194 Å². The Morgan fingerprint density at radius 1 is 0.573 bits per heavy atom. The summed E-state index contributed by atoms with van der Waals surface area (Å²) in [7, 11) is 1.79. The smallest absolute Gasteiger partial charge is 0.316 e. The van der Waals surface area contributed by atoms with Crippen LogP contribution in [0.3, 0.4) is 0 Å². The van der Waals surface area contributed by atoms with Crippen molar-refractivity contribution in [1.29, 1.82) is 0 Å². The molecule has 34 heteroatoms. The number of aliphatic hydroxyl groups excluding tert-OH is 1. The fraction of sp³-hybridized carbons (Fsp3) is 0.446. The van der Waals surface area contributed by atoms with Crippen LogP contribution in [0.2, 0.25) is 5.28 Å². The standard InChI is InChI=1S/C36H48BrN9O3P.C19H32N4O.C17H16BrClN5O2P.C7H8O3S.C4H10O/c1-7-24-18-30(32(48-3)20-31(24)46-12-10-27(11-13-46)45-16-14-44(2)15-17-45)42-35-38-23-28(37)34(43-35)41-29-9-8-25(19-33(29)50(5,6)47)26-21-39-36(49-4)40-22-26;1-4-15-13-17(20)19(24-3)14-18(15)23-7-5-16(6-8-23)22-11-9-21(2)10-12-22;1-26-17-21-7-11(8-22-17)10-4-5-13(14(6-10)27(2,3)25)23-15-12(18)9-20-16(19)24-15;1-6-2-4-7(5-3-6)11(8,9)10;1-2-3-4-5/h8-9,18-23,27,47H,7,10-17H2,1-6H3,(H2,38,41,42,43);13-14,16H,4-12,20H2,1-3H3;4-9H,1-3H3,(H,20,23,24);2-5H,1H3,(H,8,9,10);5H,2-4H2,1H3/q+1;;;;. The van der Waals surface area contributed by atoms with Crippen LogP contribution in [0.25, 0.3) is 22.3 Å². The number of methoxy groups -OCH3 is 4. The van der Waals surface area contributed by atoms with Gasteiger partial charge in [0.25, 0.3) is 10.1 Å². The molecule has 4 aromatic heterocycles. The molecular formula is C83H114Br2ClN18O10P2S+. The second-order valence-electron chi connectivity index (χ2n) is 29.8. The van der Waals surface area contributed by atoms with Crippen LogP contribution in [0.5, 0.6) is 23.5 Å². The molecule has 4 aliphatic rings. The van der Waals surface area contributed by atoms with Gasteiger partial charge in [-0.2, -0.15) is 18.4 Å². The van der Waals surface area contributed by atoms with Crippen molar-refractivity contribution in [1.82, 2.24) is 59.5 Å². The van der Waals surface area contributed by atoms with Gasteiger partial charge < -0.3 is 69.9 Å². The number of nitrogens with two attached hydrogens (primary N) is 1. The zero-order chi connectivity index (χ0) is 84.7. The van der Waals surface area contributed by atoms with Crippen molar-refractivity contribution < 1.29 is 46.5 Å². The lowest BCUT2D eigenvalue weighted by molar-refractivity contribution is 0.0982. The van der Waals surface area contributed by atoms with E-state index < -0.39 is 24.7 Å². The summed E-state index contributed by atoms with van der Waals surface area (Å²) in [5.41, 5.74) is 18.5. The molecule has 0 bridgehead atoms. The highest BCUT2D eigenvalue weighted by Crippen LogP contribution is 2.49. The number of piperidine rings is 2. The first-order valence-electron chi connectivity index (χ1n) is 39.2. The number of nitrogens with zero attached hydrogens (tertiary/aromatic N) is 14. The lowest BCUT2D eigenvalue weighted by Crippen LogP contribution is -2.52. The van der Waals surface area contributed by atoms with Crippen LogP contribution >= 0.6 is 58.1 Å². The highest BCUT2D eigenvalue weighted by atomic mass is 79.9. The van der Waals surface area contributed by atoms with Crippen molar-refractivity contribution in [2.75, 3.05) is 186 Å². The molecular weight excluding hydrogens is 1700 g/mol. The number of nitrogen functional groups attached to an aromatic ring is 1. The first-order valence-corrected chi connectivity index (χ1v) is 47.8. The van der Waals surface area contributed by atoms with Gasteiger partial charge in [0.2, 0.25) is 11.2 Å². The fourth-order valence-electron chi connectivity index (χ4n) is 14.0. The second kappa shape index (κ2) is 43.8. The second-order valence-corrected chi connectivity index (χ2v) is 39.7. The molecule has 8 heterocycles. The van der Waals surface area contributed by atoms with Crippen molar-refractivity contribution in [3.05, 3.63) is 153 Å². The molecule has 0 atom stereocenters. The molecule has 632 valence electrons. The minimum absolute atomic E-state index is 0.0666. The maximum atomic E-state index is 12.9. The summed E-state index contributed by atoms with van der Waals surface area (Å²) in [5, 5.41) is 19.7. The van der Waals surface area contributed by atoms with Gasteiger partial charge in [-0.25, -0.2) is 34.8 Å². The molecule has 0 unspecified atom stereocenters. The van der Waals surface area contributed by atoms with Gasteiger partial charge in [0, 0.05) is 174 Å². The van der Waals surface area contributed by atoms with Crippen LogP contribution in [-0.4, -0.2) is 249 Å². The number of ether oxygens (including phenoxy) is 4. The molecule has 9 aromatic rings. The van der Waals surface area contributed by atoms with Gasteiger partial charge in [0.05, 0.1) is 78.4 Å². The minimum Gasteiger partial charge on any atom is -0.495 e. The maximum absolute atomic E-state index is 12.9. The first kappa shape index (κ1) is 92.9. The summed E-state index contributed by atoms with van der Waals surface area (Å²) in [6, 6.07) is 28.0. The molecule has 4 saturated heterocycles. The number of hydrogen-bond donors (Lipinski definition) is 7. The van der Waals surface area contributed by atoms with Crippen LogP contribution in [0.15, 0.2) is 136 Å². The van der Waals surface area contributed by atoms with E-state index in [9.17, 15) is 17.9 Å². The van der Waals surface area contributed by atoms with Gasteiger partial charge in [-0.15, -0.1) is 0 Å². The Kier molecular flexibility index (Phi) is 34.8.